The Bertz CT molecular complexity index is 918. The van der Waals surface area contributed by atoms with Gasteiger partial charge in [0.2, 0.25) is 0 Å². The number of ether oxygens (including phenoxy) is 1. The van der Waals surface area contributed by atoms with Crippen LogP contribution in [0, 0.1) is 11.6 Å². The molecule has 2 rings (SSSR count). The fourth-order valence-corrected chi connectivity index (χ4v) is 2.48. The van der Waals surface area contributed by atoms with Crippen molar-refractivity contribution in [1.82, 2.24) is 4.98 Å². The van der Waals surface area contributed by atoms with E-state index < -0.39 is 33.4 Å². The SMILES string of the molecule is COC(=O)c1nc(-c2ccc(OS(C)(=O)=O)cc2F)c(F)cc1Cl. The third-order valence-corrected chi connectivity index (χ3v) is 3.53. The van der Waals surface area contributed by atoms with Gasteiger partial charge in [0.15, 0.2) is 11.5 Å². The summed E-state index contributed by atoms with van der Waals surface area (Å²) in [5.74, 6) is -3.18. The van der Waals surface area contributed by atoms with Gasteiger partial charge in [-0.25, -0.2) is 18.6 Å². The molecule has 0 saturated heterocycles. The lowest BCUT2D eigenvalue weighted by molar-refractivity contribution is 0.0594. The fourth-order valence-electron chi connectivity index (χ4n) is 1.81. The minimum absolute atomic E-state index is 0.290. The zero-order chi connectivity index (χ0) is 18.1. The third-order valence-electron chi connectivity index (χ3n) is 2.75. The average molecular weight is 378 g/mol. The minimum Gasteiger partial charge on any atom is -0.464 e. The molecule has 0 fully saturated rings. The molecule has 0 spiro atoms. The van der Waals surface area contributed by atoms with Gasteiger partial charge in [0, 0.05) is 11.6 Å². The molecule has 0 saturated carbocycles. The molecule has 24 heavy (non-hydrogen) atoms. The molecule has 0 N–H and O–H groups in total. The highest BCUT2D eigenvalue weighted by molar-refractivity contribution is 7.86. The fraction of sp³-hybridized carbons (Fsp3) is 0.143. The van der Waals surface area contributed by atoms with Crippen LogP contribution in [0.1, 0.15) is 10.5 Å². The van der Waals surface area contributed by atoms with Crippen LogP contribution < -0.4 is 4.18 Å². The van der Waals surface area contributed by atoms with Crippen LogP contribution in [0.5, 0.6) is 5.75 Å². The summed E-state index contributed by atoms with van der Waals surface area (Å²) in [5, 5.41) is -0.291. The van der Waals surface area contributed by atoms with Crippen molar-refractivity contribution in [1.29, 1.82) is 0 Å². The predicted octanol–water partition coefficient (Wildman–Crippen LogP) is 2.81. The Labute approximate surface area is 141 Å². The summed E-state index contributed by atoms with van der Waals surface area (Å²) in [7, 11) is -2.76. The van der Waals surface area contributed by atoms with Crippen molar-refractivity contribution in [3.63, 3.8) is 0 Å². The van der Waals surface area contributed by atoms with E-state index >= 15 is 0 Å². The quantitative estimate of drug-likeness (QED) is 0.602. The van der Waals surface area contributed by atoms with Gasteiger partial charge >= 0.3 is 16.1 Å². The van der Waals surface area contributed by atoms with Gasteiger partial charge in [0.1, 0.15) is 17.3 Å². The van der Waals surface area contributed by atoms with Gasteiger partial charge < -0.3 is 8.92 Å². The van der Waals surface area contributed by atoms with Crippen molar-refractivity contribution in [3.05, 3.63) is 46.6 Å². The van der Waals surface area contributed by atoms with Crippen LogP contribution in [0.3, 0.4) is 0 Å². The number of halogens is 3. The summed E-state index contributed by atoms with van der Waals surface area (Å²) in [6, 6.07) is 3.74. The lowest BCUT2D eigenvalue weighted by atomic mass is 10.1. The van der Waals surface area contributed by atoms with Gasteiger partial charge in [-0.2, -0.15) is 8.42 Å². The Morgan fingerprint density at radius 3 is 2.42 bits per heavy atom. The zero-order valence-corrected chi connectivity index (χ0v) is 13.9. The van der Waals surface area contributed by atoms with E-state index in [2.05, 4.69) is 13.9 Å². The molecule has 0 aliphatic carbocycles. The van der Waals surface area contributed by atoms with Gasteiger partial charge in [-0.1, -0.05) is 11.6 Å². The van der Waals surface area contributed by atoms with Crippen LogP contribution in [0.25, 0.3) is 11.3 Å². The van der Waals surface area contributed by atoms with Crippen LogP contribution in [-0.2, 0) is 14.9 Å². The standard InChI is InChI=1S/C14H10ClF2NO5S/c1-22-14(19)13-9(15)6-11(17)12(18-13)8-4-3-7(5-10(8)16)23-24(2,20)21/h3-6H,1-2H3. The molecule has 2 aromatic rings. The largest absolute Gasteiger partial charge is 0.464 e. The van der Waals surface area contributed by atoms with Crippen LogP contribution in [0.2, 0.25) is 5.02 Å². The summed E-state index contributed by atoms with van der Waals surface area (Å²) in [6.45, 7) is 0. The highest BCUT2D eigenvalue weighted by atomic mass is 35.5. The molecule has 0 unspecified atom stereocenters. The predicted molar refractivity (Wildman–Crippen MR) is 81.4 cm³/mol. The van der Waals surface area contributed by atoms with E-state index in [1.165, 1.54) is 0 Å². The molecule has 0 radical (unpaired) electrons. The van der Waals surface area contributed by atoms with Crippen LogP contribution in [0.4, 0.5) is 8.78 Å². The van der Waals surface area contributed by atoms with E-state index in [0.29, 0.717) is 0 Å². The third kappa shape index (κ3) is 3.98. The normalized spacial score (nSPS) is 11.2. The second-order valence-corrected chi connectivity index (χ2v) is 6.55. The second-order valence-electron chi connectivity index (χ2n) is 4.57. The Hall–Kier alpha value is -2.26. The highest BCUT2D eigenvalue weighted by Gasteiger charge is 2.20. The Morgan fingerprint density at radius 1 is 1.21 bits per heavy atom. The van der Waals surface area contributed by atoms with Gasteiger partial charge in [0.05, 0.1) is 18.4 Å². The number of carbonyl (C=O) groups is 1. The molecule has 1 aromatic heterocycles. The summed E-state index contributed by atoms with van der Waals surface area (Å²) in [6.07, 6.45) is 0.794. The molecule has 1 aromatic carbocycles. The molecule has 128 valence electrons. The van der Waals surface area contributed by atoms with Crippen LogP contribution >= 0.6 is 11.6 Å². The first-order chi connectivity index (χ1) is 11.1. The van der Waals surface area contributed by atoms with Gasteiger partial charge in [-0.05, 0) is 18.2 Å². The molecular weight excluding hydrogens is 368 g/mol. The Balaban J connectivity index is 2.54. The molecule has 10 heteroatoms. The lowest BCUT2D eigenvalue weighted by Gasteiger charge is -2.09. The summed E-state index contributed by atoms with van der Waals surface area (Å²) in [5.41, 5.74) is -1.18. The first kappa shape index (κ1) is 18.1. The van der Waals surface area contributed by atoms with Crippen molar-refractivity contribution in [2.24, 2.45) is 0 Å². The van der Waals surface area contributed by atoms with Crippen LogP contribution in [0.15, 0.2) is 24.3 Å². The van der Waals surface area contributed by atoms with E-state index in [1.807, 2.05) is 0 Å². The van der Waals surface area contributed by atoms with Crippen molar-refractivity contribution in [2.75, 3.05) is 13.4 Å². The van der Waals surface area contributed by atoms with Gasteiger partial charge in [-0.15, -0.1) is 0 Å². The molecule has 6 nitrogen and oxygen atoms in total. The maximum atomic E-state index is 14.2. The van der Waals surface area contributed by atoms with E-state index in [9.17, 15) is 22.0 Å². The Kier molecular flexibility index (Phi) is 5.05. The van der Waals surface area contributed by atoms with Crippen LogP contribution in [-0.4, -0.2) is 32.7 Å². The number of hydrogen-bond acceptors (Lipinski definition) is 6. The van der Waals surface area contributed by atoms with Gasteiger partial charge in [0.25, 0.3) is 0 Å². The first-order valence-corrected chi connectivity index (χ1v) is 8.45. The number of nitrogens with zero attached hydrogens (tertiary/aromatic N) is 1. The van der Waals surface area contributed by atoms with Crippen molar-refractivity contribution in [2.45, 2.75) is 0 Å². The van der Waals surface area contributed by atoms with Gasteiger partial charge in [-0.3, -0.25) is 0 Å². The minimum atomic E-state index is -3.84. The second kappa shape index (κ2) is 6.70. The maximum absolute atomic E-state index is 14.2. The average Bonchev–Trinajstić information content (AvgIpc) is 2.46. The number of benzene rings is 1. The van der Waals surface area contributed by atoms with E-state index in [1.54, 1.807) is 0 Å². The molecule has 0 aliphatic rings. The number of hydrogen-bond donors (Lipinski definition) is 0. The smallest absolute Gasteiger partial charge is 0.358 e. The van der Waals surface area contributed by atoms with E-state index in [-0.39, 0.29) is 22.0 Å². The Morgan fingerprint density at radius 2 is 1.88 bits per heavy atom. The summed E-state index contributed by atoms with van der Waals surface area (Å²) in [4.78, 5) is 15.3. The first-order valence-electron chi connectivity index (χ1n) is 6.26. The lowest BCUT2D eigenvalue weighted by Crippen LogP contribution is -2.08. The molecule has 0 atom stereocenters. The van der Waals surface area contributed by atoms with E-state index in [0.717, 1.165) is 37.6 Å². The number of esters is 1. The zero-order valence-electron chi connectivity index (χ0n) is 12.3. The number of methoxy groups -OCH3 is 1. The van der Waals surface area contributed by atoms with Crippen molar-refractivity contribution in [3.8, 4) is 17.0 Å². The molecule has 0 amide bonds. The monoisotopic (exact) mass is 377 g/mol. The topological polar surface area (TPSA) is 82.6 Å². The van der Waals surface area contributed by atoms with Crippen molar-refractivity contribution >= 4 is 27.7 Å². The van der Waals surface area contributed by atoms with E-state index in [4.69, 9.17) is 11.6 Å². The van der Waals surface area contributed by atoms with Crippen molar-refractivity contribution < 1.29 is 30.9 Å². The molecular formula is C14H10ClF2NO5S. The molecule has 0 bridgehead atoms. The molecule has 1 heterocycles. The highest BCUT2D eigenvalue weighted by Crippen LogP contribution is 2.30. The number of carbonyl (C=O) groups excluding carboxylic acids is 1. The maximum Gasteiger partial charge on any atom is 0.358 e. The summed E-state index contributed by atoms with van der Waals surface area (Å²) >= 11 is 5.72. The number of aromatic nitrogens is 1. The summed E-state index contributed by atoms with van der Waals surface area (Å²) < 4.78 is 59.3. The number of pyridine rings is 1. The number of rotatable bonds is 4. The molecule has 0 aliphatic heterocycles.